The first-order valence-electron chi connectivity index (χ1n) is 10.7. The van der Waals surface area contributed by atoms with E-state index in [2.05, 4.69) is 10.6 Å². The van der Waals surface area contributed by atoms with E-state index in [1.807, 2.05) is 79.7 Å². The van der Waals surface area contributed by atoms with Gasteiger partial charge in [0.05, 0.1) is 20.1 Å². The van der Waals surface area contributed by atoms with Crippen LogP contribution in [0.4, 0.5) is 0 Å². The fraction of sp³-hybridized carbons (Fsp3) is 0.185. The summed E-state index contributed by atoms with van der Waals surface area (Å²) in [6.07, 6.45) is 0.232. The fourth-order valence-corrected chi connectivity index (χ4v) is 3.14. The summed E-state index contributed by atoms with van der Waals surface area (Å²) in [5.41, 5.74) is 2.86. The molecule has 6 nitrogen and oxygen atoms in total. The second kappa shape index (κ2) is 12.1. The number of nitrogens with one attached hydrogen (secondary N) is 2. The highest BCUT2D eigenvalue weighted by Crippen LogP contribution is 2.17. The molecule has 0 aliphatic rings. The molecule has 3 aromatic carbocycles. The molecule has 0 spiro atoms. The van der Waals surface area contributed by atoms with Crippen molar-refractivity contribution in [3.05, 3.63) is 102 Å². The Hall–Kier alpha value is -4.06. The van der Waals surface area contributed by atoms with E-state index in [9.17, 15) is 9.59 Å². The predicted octanol–water partition coefficient (Wildman–Crippen LogP) is 4.41. The van der Waals surface area contributed by atoms with Crippen molar-refractivity contribution in [1.82, 2.24) is 10.6 Å². The molecule has 0 aliphatic carbocycles. The van der Waals surface area contributed by atoms with Gasteiger partial charge in [0, 0.05) is 11.9 Å². The minimum Gasteiger partial charge on any atom is -0.497 e. The lowest BCUT2D eigenvalue weighted by atomic mass is 10.1. The Balaban J connectivity index is 0.000000252. The van der Waals surface area contributed by atoms with Gasteiger partial charge in [-0.05, 0) is 42.3 Å². The smallest absolute Gasteiger partial charge is 0.239 e. The van der Waals surface area contributed by atoms with Crippen LogP contribution >= 0.6 is 0 Å². The highest BCUT2D eigenvalue weighted by atomic mass is 16.5. The second-order valence-electron chi connectivity index (χ2n) is 7.46. The Bertz CT molecular complexity index is 1130. The van der Waals surface area contributed by atoms with E-state index in [0.29, 0.717) is 6.54 Å². The lowest BCUT2D eigenvalue weighted by molar-refractivity contribution is -0.125. The topological polar surface area (TPSA) is 80.6 Å². The van der Waals surface area contributed by atoms with Crippen molar-refractivity contribution in [2.24, 2.45) is 0 Å². The average molecular weight is 445 g/mol. The van der Waals surface area contributed by atoms with Crippen LogP contribution in [-0.4, -0.2) is 25.5 Å². The van der Waals surface area contributed by atoms with Gasteiger partial charge in [-0.2, -0.15) is 0 Å². The van der Waals surface area contributed by atoms with Gasteiger partial charge in [0.15, 0.2) is 0 Å². The number of carbonyl (C=O) groups is 2. The van der Waals surface area contributed by atoms with Crippen molar-refractivity contribution >= 4 is 22.8 Å². The third-order valence-electron chi connectivity index (χ3n) is 4.85. The Morgan fingerprint density at radius 1 is 0.818 bits per heavy atom. The zero-order chi connectivity index (χ0) is 23.5. The van der Waals surface area contributed by atoms with Crippen LogP contribution in [0.1, 0.15) is 16.9 Å². The van der Waals surface area contributed by atoms with Crippen LogP contribution in [0, 0.1) is 6.92 Å². The Kier molecular flexibility index (Phi) is 8.65. The van der Waals surface area contributed by atoms with Crippen molar-refractivity contribution in [3.63, 3.8) is 0 Å². The molecule has 4 rings (SSSR count). The quantitative estimate of drug-likeness (QED) is 0.442. The molecule has 0 saturated carbocycles. The van der Waals surface area contributed by atoms with E-state index >= 15 is 0 Å². The molecular weight excluding hydrogens is 416 g/mol. The van der Waals surface area contributed by atoms with Gasteiger partial charge in [0.1, 0.15) is 17.1 Å². The molecule has 0 unspecified atom stereocenters. The monoisotopic (exact) mass is 444 g/mol. The normalized spacial score (nSPS) is 10.1. The van der Waals surface area contributed by atoms with Crippen LogP contribution in [0.5, 0.6) is 5.75 Å². The van der Waals surface area contributed by atoms with Gasteiger partial charge in [-0.25, -0.2) is 0 Å². The van der Waals surface area contributed by atoms with E-state index in [0.717, 1.165) is 28.2 Å². The summed E-state index contributed by atoms with van der Waals surface area (Å²) in [5, 5.41) is 6.56. The summed E-state index contributed by atoms with van der Waals surface area (Å²) in [5.74, 6) is 1.32. The molecule has 1 aromatic heterocycles. The number of hydrogen-bond acceptors (Lipinski definition) is 4. The number of rotatable bonds is 7. The molecule has 2 N–H and O–H groups in total. The molecular formula is C27H28N2O4. The lowest BCUT2D eigenvalue weighted by Gasteiger charge is -2.07. The number of aryl methyl sites for hydroxylation is 1. The maximum atomic E-state index is 11.8. The van der Waals surface area contributed by atoms with E-state index in [1.54, 1.807) is 19.2 Å². The molecule has 0 bridgehead atoms. The summed E-state index contributed by atoms with van der Waals surface area (Å²) < 4.78 is 10.4. The van der Waals surface area contributed by atoms with Crippen LogP contribution in [-0.2, 0) is 22.6 Å². The summed E-state index contributed by atoms with van der Waals surface area (Å²) in [6.45, 7) is 2.38. The van der Waals surface area contributed by atoms with Gasteiger partial charge in [-0.3, -0.25) is 9.59 Å². The van der Waals surface area contributed by atoms with Crippen LogP contribution in [0.15, 0.2) is 89.3 Å². The number of methoxy groups -OCH3 is 1. The number of amides is 2. The summed E-state index contributed by atoms with van der Waals surface area (Å²) in [6, 6.07) is 26.9. The summed E-state index contributed by atoms with van der Waals surface area (Å²) in [4.78, 5) is 23.5. The van der Waals surface area contributed by atoms with E-state index in [1.165, 1.54) is 5.39 Å². The number of ether oxygens (including phenoxy) is 1. The number of furan rings is 1. The standard InChI is InChI=1S/C18H20N2O3.C9H8O/c1-23-16-9-7-14(8-10-16)11-17(21)20-13-18(22)19-12-15-5-3-2-4-6-15;1-7-6-8-4-2-3-5-9(8)10-7/h2-10H,11-13H2,1H3,(H,19,22)(H,20,21);2-6H,1H3. The molecule has 2 amide bonds. The van der Waals surface area contributed by atoms with Gasteiger partial charge in [-0.1, -0.05) is 60.7 Å². The van der Waals surface area contributed by atoms with Crippen LogP contribution in [0.2, 0.25) is 0 Å². The third kappa shape index (κ3) is 7.85. The van der Waals surface area contributed by atoms with Gasteiger partial charge in [0.2, 0.25) is 11.8 Å². The molecule has 0 radical (unpaired) electrons. The second-order valence-corrected chi connectivity index (χ2v) is 7.46. The van der Waals surface area contributed by atoms with Gasteiger partial charge < -0.3 is 19.8 Å². The first kappa shape index (κ1) is 23.6. The maximum absolute atomic E-state index is 11.8. The molecule has 0 saturated heterocycles. The van der Waals surface area contributed by atoms with Crippen molar-refractivity contribution in [3.8, 4) is 5.75 Å². The molecule has 0 fully saturated rings. The molecule has 33 heavy (non-hydrogen) atoms. The number of hydrogen-bond donors (Lipinski definition) is 2. The van der Waals surface area contributed by atoms with Gasteiger partial charge in [0.25, 0.3) is 0 Å². The molecule has 0 atom stereocenters. The van der Waals surface area contributed by atoms with Gasteiger partial charge >= 0.3 is 0 Å². The summed E-state index contributed by atoms with van der Waals surface area (Å²) >= 11 is 0. The Morgan fingerprint density at radius 3 is 2.21 bits per heavy atom. The minimum absolute atomic E-state index is 0.0260. The van der Waals surface area contributed by atoms with Crippen LogP contribution in [0.3, 0.4) is 0 Å². The average Bonchev–Trinajstić information content (AvgIpc) is 3.23. The zero-order valence-electron chi connectivity index (χ0n) is 18.8. The van der Waals surface area contributed by atoms with Crippen LogP contribution < -0.4 is 15.4 Å². The van der Waals surface area contributed by atoms with Crippen molar-refractivity contribution in [2.75, 3.05) is 13.7 Å². The number of para-hydroxylation sites is 1. The van der Waals surface area contributed by atoms with Gasteiger partial charge in [-0.15, -0.1) is 0 Å². The molecule has 1 heterocycles. The number of benzene rings is 3. The number of fused-ring (bicyclic) bond motifs is 1. The summed E-state index contributed by atoms with van der Waals surface area (Å²) in [7, 11) is 1.59. The molecule has 4 aromatic rings. The highest BCUT2D eigenvalue weighted by molar-refractivity contribution is 5.85. The number of carbonyl (C=O) groups excluding carboxylic acids is 2. The zero-order valence-corrected chi connectivity index (χ0v) is 18.8. The Morgan fingerprint density at radius 2 is 1.52 bits per heavy atom. The van der Waals surface area contributed by atoms with Crippen molar-refractivity contribution < 1.29 is 18.7 Å². The first-order valence-corrected chi connectivity index (χ1v) is 10.7. The predicted molar refractivity (Wildman–Crippen MR) is 129 cm³/mol. The van der Waals surface area contributed by atoms with E-state index in [4.69, 9.17) is 9.15 Å². The third-order valence-corrected chi connectivity index (χ3v) is 4.85. The highest BCUT2D eigenvalue weighted by Gasteiger charge is 2.07. The maximum Gasteiger partial charge on any atom is 0.239 e. The fourth-order valence-electron chi connectivity index (χ4n) is 3.14. The molecule has 6 heteroatoms. The SMILES string of the molecule is COc1ccc(CC(=O)NCC(=O)NCc2ccccc2)cc1.Cc1cc2ccccc2o1. The first-order chi connectivity index (χ1) is 16.0. The largest absolute Gasteiger partial charge is 0.497 e. The van der Waals surface area contributed by atoms with E-state index < -0.39 is 0 Å². The van der Waals surface area contributed by atoms with E-state index in [-0.39, 0.29) is 24.8 Å². The lowest BCUT2D eigenvalue weighted by Crippen LogP contribution is -2.37. The van der Waals surface area contributed by atoms with Crippen LogP contribution in [0.25, 0.3) is 11.0 Å². The Labute approximate surface area is 193 Å². The molecule has 0 aliphatic heterocycles. The van der Waals surface area contributed by atoms with Crippen molar-refractivity contribution in [1.29, 1.82) is 0 Å². The minimum atomic E-state index is -0.211. The molecule has 170 valence electrons. The van der Waals surface area contributed by atoms with Crippen molar-refractivity contribution in [2.45, 2.75) is 19.9 Å².